The molecule has 0 amide bonds. The van der Waals surface area contributed by atoms with E-state index >= 15 is 0 Å². The maximum atomic E-state index is 5.97. The molecule has 0 radical (unpaired) electrons. The quantitative estimate of drug-likeness (QED) is 0.504. The van der Waals surface area contributed by atoms with Crippen LogP contribution in [0.2, 0.25) is 0 Å². The van der Waals surface area contributed by atoms with Crippen molar-refractivity contribution in [1.29, 1.82) is 0 Å². The van der Waals surface area contributed by atoms with Gasteiger partial charge in [0.15, 0.2) is 0 Å². The van der Waals surface area contributed by atoms with Gasteiger partial charge in [0.25, 0.3) is 0 Å². The van der Waals surface area contributed by atoms with E-state index in [0.717, 1.165) is 63.5 Å². The summed E-state index contributed by atoms with van der Waals surface area (Å²) in [6.45, 7) is 19.6. The molecule has 1 saturated heterocycles. The topological polar surface area (TPSA) is 54.4 Å². The molecule has 0 spiro atoms. The van der Waals surface area contributed by atoms with Gasteiger partial charge in [-0.25, -0.2) is 0 Å². The molecule has 1 aliphatic heterocycles. The first kappa shape index (κ1) is 23.7. The number of aromatic nitrogens is 3. The van der Waals surface area contributed by atoms with Crippen molar-refractivity contribution in [2.75, 3.05) is 22.9 Å². The van der Waals surface area contributed by atoms with E-state index < -0.39 is 0 Å². The summed E-state index contributed by atoms with van der Waals surface area (Å²) < 4.78 is 5.97. The molecular weight excluding hydrogens is 362 g/mol. The number of unbranched alkanes of at least 4 members (excludes halogenated alkanes) is 2. The normalized spacial score (nSPS) is 18.2. The number of anilines is 2. The Hall–Kier alpha value is -1.59. The van der Waals surface area contributed by atoms with Crippen LogP contribution in [0, 0.1) is 0 Å². The summed E-state index contributed by atoms with van der Waals surface area (Å²) in [4.78, 5) is 19.2. The van der Waals surface area contributed by atoms with Gasteiger partial charge in [0.1, 0.15) is 0 Å². The lowest BCUT2D eigenvalue weighted by atomic mass is 9.80. The van der Waals surface area contributed by atoms with E-state index in [1.54, 1.807) is 0 Å². The minimum Gasteiger partial charge on any atom is -0.461 e. The molecule has 1 aromatic rings. The van der Waals surface area contributed by atoms with Crippen molar-refractivity contribution in [2.45, 2.75) is 118 Å². The number of rotatable bonds is 10. The van der Waals surface area contributed by atoms with Gasteiger partial charge in [0.05, 0.1) is 6.10 Å². The fraction of sp³-hybridized carbons (Fsp3) is 0.870. The number of hydrogen-bond acceptors (Lipinski definition) is 6. The summed E-state index contributed by atoms with van der Waals surface area (Å²) in [6.07, 6.45) is 8.09. The molecule has 6 heteroatoms. The molecule has 0 bridgehead atoms. The number of piperidine rings is 1. The molecule has 6 nitrogen and oxygen atoms in total. The molecule has 1 aromatic heterocycles. The van der Waals surface area contributed by atoms with E-state index in [4.69, 9.17) is 19.7 Å². The van der Waals surface area contributed by atoms with Crippen molar-refractivity contribution in [3.63, 3.8) is 0 Å². The van der Waals surface area contributed by atoms with Gasteiger partial charge in [-0.2, -0.15) is 15.0 Å². The standard InChI is InChI=1S/C23H43N5O/c1-9-11-16-27(17-12-10-2)19-24-20(26-21(25-19)29-18(3)4)28-22(5,6)14-13-15-23(28,7)8/h18H,9-17H2,1-8H3. The second kappa shape index (κ2) is 9.94. The molecule has 166 valence electrons. The number of hydrogen-bond donors (Lipinski definition) is 0. The molecule has 2 rings (SSSR count). The average molecular weight is 406 g/mol. The zero-order chi connectivity index (χ0) is 21.7. The summed E-state index contributed by atoms with van der Waals surface area (Å²) in [5.74, 6) is 1.50. The Morgan fingerprint density at radius 1 is 0.931 bits per heavy atom. The highest BCUT2D eigenvalue weighted by Crippen LogP contribution is 2.41. The van der Waals surface area contributed by atoms with E-state index in [1.165, 1.54) is 6.42 Å². The summed E-state index contributed by atoms with van der Waals surface area (Å²) in [7, 11) is 0. The summed E-state index contributed by atoms with van der Waals surface area (Å²) in [5.41, 5.74) is -0.0136. The van der Waals surface area contributed by atoms with Gasteiger partial charge < -0.3 is 14.5 Å². The van der Waals surface area contributed by atoms with Crippen LogP contribution in [-0.2, 0) is 0 Å². The average Bonchev–Trinajstić information content (AvgIpc) is 2.59. The van der Waals surface area contributed by atoms with Crippen molar-refractivity contribution in [2.24, 2.45) is 0 Å². The van der Waals surface area contributed by atoms with Gasteiger partial charge in [-0.3, -0.25) is 0 Å². The Labute approximate surface area is 178 Å². The Balaban J connectivity index is 2.51. The Kier molecular flexibility index (Phi) is 8.12. The van der Waals surface area contributed by atoms with Crippen LogP contribution >= 0.6 is 0 Å². The third-order valence-electron chi connectivity index (χ3n) is 5.77. The molecule has 0 saturated carbocycles. The summed E-state index contributed by atoms with van der Waals surface area (Å²) >= 11 is 0. The molecular formula is C23H43N5O. The predicted octanol–water partition coefficient (Wildman–Crippen LogP) is 5.61. The molecule has 0 atom stereocenters. The van der Waals surface area contributed by atoms with E-state index in [2.05, 4.69) is 51.3 Å². The van der Waals surface area contributed by atoms with E-state index in [1.807, 2.05) is 13.8 Å². The van der Waals surface area contributed by atoms with Crippen LogP contribution in [0.3, 0.4) is 0 Å². The summed E-state index contributed by atoms with van der Waals surface area (Å²) in [6, 6.07) is 0.440. The Morgan fingerprint density at radius 3 is 1.97 bits per heavy atom. The lowest BCUT2D eigenvalue weighted by Crippen LogP contribution is -2.59. The first-order valence-electron chi connectivity index (χ1n) is 11.6. The number of nitrogens with zero attached hydrogens (tertiary/aromatic N) is 5. The maximum absolute atomic E-state index is 5.97. The Morgan fingerprint density at radius 2 is 1.48 bits per heavy atom. The molecule has 0 aliphatic carbocycles. The van der Waals surface area contributed by atoms with Crippen LogP contribution in [-0.4, -0.2) is 45.2 Å². The van der Waals surface area contributed by atoms with Crippen molar-refractivity contribution in [3.05, 3.63) is 0 Å². The molecule has 29 heavy (non-hydrogen) atoms. The van der Waals surface area contributed by atoms with Crippen LogP contribution in [0.25, 0.3) is 0 Å². The first-order chi connectivity index (χ1) is 13.6. The van der Waals surface area contributed by atoms with Crippen LogP contribution < -0.4 is 14.5 Å². The lowest BCUT2D eigenvalue weighted by Gasteiger charge is -2.53. The monoisotopic (exact) mass is 405 g/mol. The maximum Gasteiger partial charge on any atom is 0.323 e. The zero-order valence-corrected chi connectivity index (χ0v) is 20.1. The van der Waals surface area contributed by atoms with Gasteiger partial charge in [0.2, 0.25) is 11.9 Å². The third kappa shape index (κ3) is 6.19. The molecule has 2 heterocycles. The summed E-state index contributed by atoms with van der Waals surface area (Å²) in [5, 5.41) is 0. The van der Waals surface area contributed by atoms with E-state index in [0.29, 0.717) is 6.01 Å². The second-order valence-corrected chi connectivity index (χ2v) is 9.89. The van der Waals surface area contributed by atoms with Gasteiger partial charge in [0, 0.05) is 24.2 Å². The van der Waals surface area contributed by atoms with Crippen molar-refractivity contribution in [1.82, 2.24) is 15.0 Å². The molecule has 0 N–H and O–H groups in total. The van der Waals surface area contributed by atoms with Crippen LogP contribution in [0.5, 0.6) is 6.01 Å². The van der Waals surface area contributed by atoms with Crippen molar-refractivity contribution in [3.8, 4) is 6.01 Å². The van der Waals surface area contributed by atoms with Crippen LogP contribution in [0.15, 0.2) is 0 Å². The highest BCUT2D eigenvalue weighted by molar-refractivity contribution is 5.45. The van der Waals surface area contributed by atoms with E-state index in [-0.39, 0.29) is 17.2 Å². The fourth-order valence-electron chi connectivity index (χ4n) is 4.39. The highest BCUT2D eigenvalue weighted by Gasteiger charge is 2.43. The van der Waals surface area contributed by atoms with Gasteiger partial charge in [-0.1, -0.05) is 26.7 Å². The van der Waals surface area contributed by atoms with Crippen molar-refractivity contribution >= 4 is 11.9 Å². The molecule has 1 aliphatic rings. The van der Waals surface area contributed by atoms with Crippen LogP contribution in [0.4, 0.5) is 11.9 Å². The van der Waals surface area contributed by atoms with E-state index in [9.17, 15) is 0 Å². The molecule has 0 aromatic carbocycles. The van der Waals surface area contributed by atoms with Gasteiger partial charge >= 0.3 is 6.01 Å². The molecule has 1 fully saturated rings. The smallest absolute Gasteiger partial charge is 0.323 e. The van der Waals surface area contributed by atoms with Gasteiger partial charge in [-0.15, -0.1) is 0 Å². The second-order valence-electron chi connectivity index (χ2n) is 9.89. The zero-order valence-electron chi connectivity index (χ0n) is 20.1. The van der Waals surface area contributed by atoms with Crippen molar-refractivity contribution < 1.29 is 4.74 Å². The highest BCUT2D eigenvalue weighted by atomic mass is 16.5. The fourth-order valence-corrected chi connectivity index (χ4v) is 4.39. The van der Waals surface area contributed by atoms with Gasteiger partial charge in [-0.05, 0) is 73.6 Å². The molecule has 0 unspecified atom stereocenters. The minimum absolute atomic E-state index is 0.00680. The predicted molar refractivity (Wildman–Crippen MR) is 122 cm³/mol. The lowest BCUT2D eigenvalue weighted by molar-refractivity contribution is 0.216. The first-order valence-corrected chi connectivity index (χ1v) is 11.6. The Bertz CT molecular complexity index is 620. The van der Waals surface area contributed by atoms with Crippen LogP contribution in [0.1, 0.15) is 100 Å². The third-order valence-corrected chi connectivity index (χ3v) is 5.77. The number of ether oxygens (including phenoxy) is 1. The largest absolute Gasteiger partial charge is 0.461 e. The SMILES string of the molecule is CCCCN(CCCC)c1nc(OC(C)C)nc(N2C(C)(C)CCCC2(C)C)n1. The minimum atomic E-state index is -0.00680.